The number of carbonyl (C=O) groups excluding carboxylic acids is 1. The molecule has 1 fully saturated rings. The second-order valence-electron chi connectivity index (χ2n) is 8.09. The van der Waals surface area contributed by atoms with Crippen molar-refractivity contribution in [1.82, 2.24) is 0 Å². The van der Waals surface area contributed by atoms with Gasteiger partial charge in [-0.1, -0.05) is 26.8 Å². The lowest BCUT2D eigenvalue weighted by molar-refractivity contribution is -0.128. The zero-order valence-electron chi connectivity index (χ0n) is 14.8. The summed E-state index contributed by atoms with van der Waals surface area (Å²) < 4.78 is 20.5. The number of carbonyl (C=O) groups is 1. The molecular formula is C18H28FNO2Si. The minimum atomic E-state index is -2.02. The normalized spacial score (nSPS) is 23.1. The highest BCUT2D eigenvalue weighted by molar-refractivity contribution is 6.74. The Bertz CT molecular complexity index is 595. The molecule has 23 heavy (non-hydrogen) atoms. The summed E-state index contributed by atoms with van der Waals surface area (Å²) in [7, 11) is -2.02. The van der Waals surface area contributed by atoms with Gasteiger partial charge in [-0.05, 0) is 54.6 Å². The minimum Gasteiger partial charge on any atom is -0.407 e. The predicted octanol–water partition coefficient (Wildman–Crippen LogP) is 4.63. The summed E-state index contributed by atoms with van der Waals surface area (Å²) in [5, 5.41) is 0.0483. The average Bonchev–Trinajstić information content (AvgIpc) is 2.40. The van der Waals surface area contributed by atoms with Crippen LogP contribution >= 0.6 is 0 Å². The van der Waals surface area contributed by atoms with Crippen molar-refractivity contribution in [2.45, 2.75) is 70.2 Å². The first-order chi connectivity index (χ1) is 10.5. The number of nitrogen functional groups attached to an aromatic ring is 1. The molecule has 0 aromatic heterocycles. The van der Waals surface area contributed by atoms with Gasteiger partial charge in [0.15, 0.2) is 14.1 Å². The second-order valence-corrected chi connectivity index (χ2v) is 12.8. The van der Waals surface area contributed by atoms with Gasteiger partial charge in [0.1, 0.15) is 11.9 Å². The quantitative estimate of drug-likeness (QED) is 0.646. The third-order valence-corrected chi connectivity index (χ3v) is 9.79. The minimum absolute atomic E-state index is 0.0167. The largest absolute Gasteiger partial charge is 0.407 e. The van der Waals surface area contributed by atoms with Crippen LogP contribution in [0.3, 0.4) is 0 Å². The molecule has 0 aliphatic heterocycles. The van der Waals surface area contributed by atoms with E-state index in [1.165, 1.54) is 6.07 Å². The molecule has 1 aromatic carbocycles. The zero-order chi connectivity index (χ0) is 17.4. The van der Waals surface area contributed by atoms with Gasteiger partial charge in [-0.3, -0.25) is 4.79 Å². The molecule has 128 valence electrons. The lowest BCUT2D eigenvalue weighted by atomic mass is 9.81. The number of hydrogen-bond donors (Lipinski definition) is 1. The topological polar surface area (TPSA) is 52.3 Å². The van der Waals surface area contributed by atoms with Crippen molar-refractivity contribution in [1.29, 1.82) is 0 Å². The smallest absolute Gasteiger partial charge is 0.193 e. The summed E-state index contributed by atoms with van der Waals surface area (Å²) in [6, 6.07) is 4.82. The first kappa shape index (κ1) is 18.1. The highest BCUT2D eigenvalue weighted by Crippen LogP contribution is 2.41. The van der Waals surface area contributed by atoms with E-state index in [1.807, 2.05) is 0 Å². The van der Waals surface area contributed by atoms with E-state index in [0.29, 0.717) is 30.5 Å². The maximum atomic E-state index is 14.2. The van der Waals surface area contributed by atoms with Crippen molar-refractivity contribution in [3.63, 3.8) is 0 Å². The van der Waals surface area contributed by atoms with Crippen molar-refractivity contribution >= 4 is 19.8 Å². The van der Waals surface area contributed by atoms with Crippen LogP contribution in [0.25, 0.3) is 0 Å². The number of ketones is 1. The Morgan fingerprint density at radius 2 is 1.96 bits per heavy atom. The van der Waals surface area contributed by atoms with Crippen LogP contribution in [-0.4, -0.2) is 20.2 Å². The van der Waals surface area contributed by atoms with E-state index in [-0.39, 0.29) is 22.6 Å². The monoisotopic (exact) mass is 337 g/mol. The molecule has 5 heteroatoms. The highest BCUT2D eigenvalue weighted by atomic mass is 28.4. The fourth-order valence-corrected chi connectivity index (χ4v) is 4.08. The fourth-order valence-electron chi connectivity index (χ4n) is 2.79. The third-order valence-electron chi connectivity index (χ3n) is 5.30. The SMILES string of the molecule is CC(C)(C)[Si](C)(C)O[C@H]1C[C@H](c2ccc(N)cc2F)CCC1=O. The number of benzene rings is 1. The molecule has 2 N–H and O–H groups in total. The Hall–Kier alpha value is -1.20. The Labute approximate surface area is 139 Å². The highest BCUT2D eigenvalue weighted by Gasteiger charge is 2.42. The standard InChI is InChI=1S/C18H28FNO2Si/c1-18(2,3)23(4,5)22-17-10-12(6-9-16(17)21)14-8-7-13(20)11-15(14)19/h7-8,11-12,17H,6,9-10,20H2,1-5H3/t12-,17+/m1/s1. The van der Waals surface area contributed by atoms with Gasteiger partial charge in [-0.2, -0.15) is 0 Å². The summed E-state index contributed by atoms with van der Waals surface area (Å²) in [5.74, 6) is -0.111. The maximum Gasteiger partial charge on any atom is 0.193 e. The Morgan fingerprint density at radius 1 is 1.30 bits per heavy atom. The number of Topliss-reactive ketones (excluding diaryl/α,β-unsaturated/α-hetero) is 1. The van der Waals surface area contributed by atoms with Crippen molar-refractivity contribution < 1.29 is 13.6 Å². The molecule has 1 aromatic rings. The number of halogens is 1. The van der Waals surface area contributed by atoms with Gasteiger partial charge in [0.05, 0.1) is 0 Å². The Kier molecular flexibility index (Phi) is 5.02. The van der Waals surface area contributed by atoms with Crippen LogP contribution in [0.4, 0.5) is 10.1 Å². The Balaban J connectivity index is 2.18. The molecule has 3 nitrogen and oxygen atoms in total. The molecule has 1 aliphatic rings. The first-order valence-electron chi connectivity index (χ1n) is 8.27. The predicted molar refractivity (Wildman–Crippen MR) is 94.5 cm³/mol. The summed E-state index contributed by atoms with van der Waals surface area (Å²) in [6.07, 6.45) is 1.28. The van der Waals surface area contributed by atoms with E-state index in [2.05, 4.69) is 33.9 Å². The van der Waals surface area contributed by atoms with Crippen LogP contribution in [-0.2, 0) is 9.22 Å². The van der Waals surface area contributed by atoms with Gasteiger partial charge in [-0.15, -0.1) is 0 Å². The average molecular weight is 338 g/mol. The maximum absolute atomic E-state index is 14.2. The van der Waals surface area contributed by atoms with E-state index >= 15 is 0 Å². The van der Waals surface area contributed by atoms with Crippen LogP contribution < -0.4 is 5.73 Å². The van der Waals surface area contributed by atoms with Gasteiger partial charge in [0.2, 0.25) is 0 Å². The molecule has 0 amide bonds. The summed E-state index contributed by atoms with van der Waals surface area (Å²) >= 11 is 0. The summed E-state index contributed by atoms with van der Waals surface area (Å²) in [5.41, 5.74) is 6.70. The summed E-state index contributed by atoms with van der Waals surface area (Å²) in [6.45, 7) is 10.8. The van der Waals surface area contributed by atoms with E-state index in [4.69, 9.17) is 10.2 Å². The molecule has 0 unspecified atom stereocenters. The molecule has 0 saturated heterocycles. The number of hydrogen-bond acceptors (Lipinski definition) is 3. The fraction of sp³-hybridized carbons (Fsp3) is 0.611. The third kappa shape index (κ3) is 4.01. The van der Waals surface area contributed by atoms with Crippen LogP contribution in [0.1, 0.15) is 51.5 Å². The number of rotatable bonds is 3. The number of anilines is 1. The zero-order valence-corrected chi connectivity index (χ0v) is 15.8. The van der Waals surface area contributed by atoms with Crippen LogP contribution in [0.5, 0.6) is 0 Å². The van der Waals surface area contributed by atoms with E-state index < -0.39 is 14.4 Å². The van der Waals surface area contributed by atoms with E-state index in [0.717, 1.165) is 0 Å². The van der Waals surface area contributed by atoms with E-state index in [9.17, 15) is 9.18 Å². The van der Waals surface area contributed by atoms with Crippen molar-refractivity contribution in [2.75, 3.05) is 5.73 Å². The van der Waals surface area contributed by atoms with Gasteiger partial charge in [-0.25, -0.2) is 4.39 Å². The van der Waals surface area contributed by atoms with Crippen LogP contribution in [0, 0.1) is 5.82 Å². The van der Waals surface area contributed by atoms with Crippen molar-refractivity contribution in [3.8, 4) is 0 Å². The van der Waals surface area contributed by atoms with Gasteiger partial charge in [0.25, 0.3) is 0 Å². The van der Waals surface area contributed by atoms with Crippen LogP contribution in [0.15, 0.2) is 18.2 Å². The van der Waals surface area contributed by atoms with E-state index in [1.54, 1.807) is 12.1 Å². The van der Waals surface area contributed by atoms with Crippen molar-refractivity contribution in [2.24, 2.45) is 0 Å². The molecule has 2 rings (SSSR count). The van der Waals surface area contributed by atoms with Gasteiger partial charge < -0.3 is 10.2 Å². The van der Waals surface area contributed by atoms with Crippen molar-refractivity contribution in [3.05, 3.63) is 29.6 Å². The van der Waals surface area contributed by atoms with Gasteiger partial charge in [0, 0.05) is 12.1 Å². The second kappa shape index (κ2) is 6.36. The number of nitrogens with two attached hydrogens (primary N) is 1. The molecule has 0 bridgehead atoms. The molecule has 1 aliphatic carbocycles. The molecule has 0 spiro atoms. The molecule has 0 radical (unpaired) electrons. The molecule has 0 heterocycles. The lowest BCUT2D eigenvalue weighted by Crippen LogP contribution is -2.47. The van der Waals surface area contributed by atoms with Crippen LogP contribution in [0.2, 0.25) is 18.1 Å². The first-order valence-corrected chi connectivity index (χ1v) is 11.2. The lowest BCUT2D eigenvalue weighted by Gasteiger charge is -2.41. The Morgan fingerprint density at radius 3 is 2.52 bits per heavy atom. The van der Waals surface area contributed by atoms with Gasteiger partial charge >= 0.3 is 0 Å². The molecular weight excluding hydrogens is 309 g/mol. The summed E-state index contributed by atoms with van der Waals surface area (Å²) in [4.78, 5) is 12.3. The molecule has 1 saturated carbocycles. The molecule has 2 atom stereocenters.